The van der Waals surface area contributed by atoms with Crippen LogP contribution in [0.15, 0.2) is 48.5 Å². The number of pyridine rings is 1. The summed E-state index contributed by atoms with van der Waals surface area (Å²) >= 11 is 0. The minimum Gasteiger partial charge on any atom is -0.164 e. The van der Waals surface area contributed by atoms with E-state index in [1.54, 1.807) is 14.2 Å². The summed E-state index contributed by atoms with van der Waals surface area (Å²) in [6.07, 6.45) is 0.0938. The molecule has 0 radical (unpaired) electrons. The zero-order chi connectivity index (χ0) is 18.9. The summed E-state index contributed by atoms with van der Waals surface area (Å²) < 4.78 is 2.43. The molecular formula is C23H26N2O2+2. The number of hydrogen-bond donors (Lipinski definition) is 0. The number of benzene rings is 2. The van der Waals surface area contributed by atoms with Crippen LogP contribution in [0.3, 0.4) is 0 Å². The average molecular weight is 362 g/mol. The second-order valence-corrected chi connectivity index (χ2v) is 7.98. The lowest BCUT2D eigenvalue weighted by molar-refractivity contribution is -1.21. The van der Waals surface area contributed by atoms with Crippen LogP contribution in [0.2, 0.25) is 0 Å². The van der Waals surface area contributed by atoms with Gasteiger partial charge in [0.15, 0.2) is 0 Å². The van der Waals surface area contributed by atoms with Crippen LogP contribution in [0.25, 0.3) is 22.2 Å². The molecule has 2 aliphatic heterocycles. The van der Waals surface area contributed by atoms with Crippen LogP contribution in [0, 0.1) is 6.92 Å². The zero-order valence-electron chi connectivity index (χ0n) is 16.6. The zero-order valence-corrected chi connectivity index (χ0v) is 16.6. The van der Waals surface area contributed by atoms with Crippen molar-refractivity contribution in [3.8, 4) is 11.3 Å². The molecule has 0 aliphatic carbocycles. The van der Waals surface area contributed by atoms with Crippen LogP contribution in [0.4, 0.5) is 0 Å². The van der Waals surface area contributed by atoms with Crippen molar-refractivity contribution in [1.82, 2.24) is 0 Å². The van der Waals surface area contributed by atoms with E-state index < -0.39 is 0 Å². The largest absolute Gasteiger partial charge is 0.409 e. The van der Waals surface area contributed by atoms with Crippen LogP contribution in [0.5, 0.6) is 0 Å². The number of nitrogens with zero attached hydrogens (tertiary/aromatic N) is 2. The van der Waals surface area contributed by atoms with Gasteiger partial charge in [-0.2, -0.15) is 9.68 Å². The van der Waals surface area contributed by atoms with E-state index in [0.29, 0.717) is 5.92 Å². The highest BCUT2D eigenvalue weighted by Crippen LogP contribution is 2.62. The Morgan fingerprint density at radius 2 is 1.78 bits per heavy atom. The molecule has 3 heterocycles. The van der Waals surface area contributed by atoms with Gasteiger partial charge in [0, 0.05) is 22.5 Å². The van der Waals surface area contributed by atoms with Crippen LogP contribution >= 0.6 is 0 Å². The topological polar surface area (TPSA) is 22.3 Å². The second kappa shape index (κ2) is 5.61. The molecule has 2 aliphatic rings. The van der Waals surface area contributed by atoms with Gasteiger partial charge in [-0.25, -0.2) is 0 Å². The third-order valence-electron chi connectivity index (χ3n) is 6.25. The molecule has 0 saturated carbocycles. The fraction of sp³-hybridized carbons (Fsp3) is 0.348. The molecule has 1 saturated heterocycles. The fourth-order valence-corrected chi connectivity index (χ4v) is 4.95. The molecule has 0 amide bonds. The summed E-state index contributed by atoms with van der Waals surface area (Å²) in [5.74, 6) is 0.476. The maximum Gasteiger partial charge on any atom is 0.409 e. The van der Waals surface area contributed by atoms with Gasteiger partial charge in [-0.15, -0.1) is 4.57 Å². The van der Waals surface area contributed by atoms with Gasteiger partial charge >= 0.3 is 12.2 Å². The van der Waals surface area contributed by atoms with Crippen molar-refractivity contribution in [1.29, 1.82) is 0 Å². The molecule has 5 rings (SSSR count). The van der Waals surface area contributed by atoms with Crippen LogP contribution in [-0.2, 0) is 9.68 Å². The smallest absolute Gasteiger partial charge is 0.164 e. The summed E-state index contributed by atoms with van der Waals surface area (Å²) in [5, 5.41) is 1.31. The summed E-state index contributed by atoms with van der Waals surface area (Å²) in [5.41, 5.74) is 7.70. The van der Waals surface area contributed by atoms with E-state index in [2.05, 4.69) is 73.9 Å². The average Bonchev–Trinajstić information content (AvgIpc) is 3.36. The molecular weight excluding hydrogens is 336 g/mol. The predicted octanol–water partition coefficient (Wildman–Crippen LogP) is 4.73. The van der Waals surface area contributed by atoms with Crippen molar-refractivity contribution in [2.24, 2.45) is 0 Å². The van der Waals surface area contributed by atoms with E-state index in [4.69, 9.17) is 9.68 Å². The Hall–Kier alpha value is -2.27. The minimum atomic E-state index is 0.0938. The van der Waals surface area contributed by atoms with Crippen LogP contribution in [0.1, 0.15) is 48.7 Å². The van der Waals surface area contributed by atoms with Crippen LogP contribution in [-0.4, -0.2) is 19.0 Å². The predicted molar refractivity (Wildman–Crippen MR) is 104 cm³/mol. The number of aromatic nitrogens is 1. The third kappa shape index (κ3) is 2.06. The van der Waals surface area contributed by atoms with E-state index in [1.807, 2.05) is 0 Å². The Bertz CT molecular complexity index is 1070. The number of quaternary nitrogens is 1. The van der Waals surface area contributed by atoms with Crippen molar-refractivity contribution in [2.75, 3.05) is 14.2 Å². The number of hydroxylamine groups is 4. The Balaban J connectivity index is 1.88. The highest BCUT2D eigenvalue weighted by Gasteiger charge is 2.83. The van der Waals surface area contributed by atoms with E-state index in [0.717, 1.165) is 0 Å². The Labute approximate surface area is 160 Å². The summed E-state index contributed by atoms with van der Waals surface area (Å²) in [6, 6.07) is 18.0. The lowest BCUT2D eigenvalue weighted by atomic mass is 9.92. The van der Waals surface area contributed by atoms with Gasteiger partial charge in [-0.05, 0) is 30.5 Å². The second-order valence-electron chi connectivity index (χ2n) is 7.98. The lowest BCUT2D eigenvalue weighted by Crippen LogP contribution is -2.43. The Kier molecular flexibility index (Phi) is 3.51. The molecule has 4 heteroatoms. The van der Waals surface area contributed by atoms with Gasteiger partial charge in [0.05, 0.1) is 25.2 Å². The molecule has 3 aromatic rings. The number of rotatable bonds is 3. The maximum absolute atomic E-state index is 5.91. The van der Waals surface area contributed by atoms with Gasteiger partial charge in [-0.1, -0.05) is 43.7 Å². The van der Waals surface area contributed by atoms with Crippen molar-refractivity contribution >= 4 is 10.9 Å². The molecule has 1 aromatic heterocycles. The van der Waals surface area contributed by atoms with Crippen molar-refractivity contribution < 1.29 is 19.1 Å². The van der Waals surface area contributed by atoms with Crippen molar-refractivity contribution in [2.45, 2.75) is 38.9 Å². The first-order chi connectivity index (χ1) is 13.0. The van der Waals surface area contributed by atoms with Gasteiger partial charge in [-0.3, -0.25) is 0 Å². The lowest BCUT2D eigenvalue weighted by Gasteiger charge is -2.13. The minimum absolute atomic E-state index is 0.0938. The molecule has 0 N–H and O–H groups in total. The molecule has 4 nitrogen and oxygen atoms in total. The standard InChI is InChI=1S/C23H26N2O2/c1-14(2)16-7-6-8-20-17(16)11-12-21-19-13-15(3)9-10-18(19)22-23(24(20)21)25(22,26-4)27-5/h6-14,22-23H,1-5H3/q+2. The maximum atomic E-state index is 5.91. The molecule has 2 unspecified atom stereocenters. The first kappa shape index (κ1) is 16.9. The monoisotopic (exact) mass is 362 g/mol. The molecule has 2 aromatic carbocycles. The summed E-state index contributed by atoms with van der Waals surface area (Å²) in [7, 11) is 3.47. The van der Waals surface area contributed by atoms with Crippen molar-refractivity contribution in [3.05, 3.63) is 65.2 Å². The van der Waals surface area contributed by atoms with E-state index in [1.165, 1.54) is 38.9 Å². The first-order valence-electron chi connectivity index (χ1n) is 9.61. The normalized spacial score (nSPS) is 21.7. The highest BCUT2D eigenvalue weighted by atomic mass is 17.0. The molecule has 138 valence electrons. The SMILES string of the molecule is CO[N+]1(OC)C2c3ccc(C)cc3-c3ccc4c(C(C)C)cccc4[n+]3C21. The first-order valence-corrected chi connectivity index (χ1v) is 9.61. The van der Waals surface area contributed by atoms with Gasteiger partial charge in [0.2, 0.25) is 11.2 Å². The molecule has 1 fully saturated rings. The molecule has 0 bridgehead atoms. The van der Waals surface area contributed by atoms with Gasteiger partial charge in [0.1, 0.15) is 0 Å². The number of fused-ring (bicyclic) bond motifs is 8. The van der Waals surface area contributed by atoms with Gasteiger partial charge < -0.3 is 0 Å². The molecule has 0 spiro atoms. The Morgan fingerprint density at radius 1 is 1.00 bits per heavy atom. The Morgan fingerprint density at radius 3 is 2.48 bits per heavy atom. The summed E-state index contributed by atoms with van der Waals surface area (Å²) in [4.78, 5) is 12.0. The fourth-order valence-electron chi connectivity index (χ4n) is 4.95. The van der Waals surface area contributed by atoms with Gasteiger partial charge in [0.25, 0.3) is 0 Å². The highest BCUT2D eigenvalue weighted by molar-refractivity contribution is 5.82. The summed E-state index contributed by atoms with van der Waals surface area (Å²) in [6.45, 7) is 6.65. The molecule has 2 atom stereocenters. The van der Waals surface area contributed by atoms with Crippen molar-refractivity contribution in [3.63, 3.8) is 0 Å². The van der Waals surface area contributed by atoms with E-state index in [9.17, 15) is 0 Å². The molecule has 27 heavy (non-hydrogen) atoms. The van der Waals surface area contributed by atoms with Crippen LogP contribution < -0.4 is 4.57 Å². The third-order valence-corrected chi connectivity index (χ3v) is 6.25. The van der Waals surface area contributed by atoms with E-state index in [-0.39, 0.29) is 17.0 Å². The van der Waals surface area contributed by atoms with E-state index >= 15 is 0 Å². The number of aryl methyl sites for hydroxylation is 1. The quantitative estimate of drug-likeness (QED) is 0.382. The number of hydrogen-bond acceptors (Lipinski definition) is 2.